The number of nitrogens with one attached hydrogen (secondary N) is 1. The fourth-order valence-corrected chi connectivity index (χ4v) is 3.18. The smallest absolute Gasteiger partial charge is 0.161 e. The molecule has 0 saturated heterocycles. The number of aromatic nitrogens is 2. The lowest BCUT2D eigenvalue weighted by atomic mass is 10.2. The summed E-state index contributed by atoms with van der Waals surface area (Å²) in [7, 11) is 1.88. The Labute approximate surface area is 143 Å². The molecular weight excluding hydrogens is 485 g/mol. The standard InChI is InChI=1S/C13H12Br2IN3/c1-3-10-11(16)13(17-2)19-12(18-10)7-4-5-8(14)9(15)6-7/h4-6H,3H2,1-2H3,(H,17,18,19). The van der Waals surface area contributed by atoms with Crippen LogP contribution in [0.4, 0.5) is 5.82 Å². The monoisotopic (exact) mass is 495 g/mol. The zero-order valence-electron chi connectivity index (χ0n) is 10.5. The topological polar surface area (TPSA) is 37.8 Å². The van der Waals surface area contributed by atoms with Gasteiger partial charge in [0, 0.05) is 21.6 Å². The second-order valence-electron chi connectivity index (χ2n) is 3.89. The molecule has 0 aliphatic heterocycles. The molecule has 100 valence electrons. The van der Waals surface area contributed by atoms with E-state index in [0.29, 0.717) is 0 Å². The molecule has 1 aromatic heterocycles. The first-order valence-corrected chi connectivity index (χ1v) is 8.42. The fraction of sp³-hybridized carbons (Fsp3) is 0.231. The maximum atomic E-state index is 4.65. The van der Waals surface area contributed by atoms with E-state index in [0.717, 1.165) is 41.8 Å². The van der Waals surface area contributed by atoms with Crippen molar-refractivity contribution in [2.24, 2.45) is 0 Å². The van der Waals surface area contributed by atoms with Crippen molar-refractivity contribution in [3.05, 3.63) is 36.4 Å². The zero-order chi connectivity index (χ0) is 14.0. The number of benzene rings is 1. The second-order valence-corrected chi connectivity index (χ2v) is 6.68. The van der Waals surface area contributed by atoms with Crippen LogP contribution in [0.1, 0.15) is 12.6 Å². The molecule has 0 bridgehead atoms. The second kappa shape index (κ2) is 6.49. The highest BCUT2D eigenvalue weighted by molar-refractivity contribution is 14.1. The average Bonchev–Trinajstić information content (AvgIpc) is 2.42. The van der Waals surface area contributed by atoms with Crippen LogP contribution in [0.25, 0.3) is 11.4 Å². The summed E-state index contributed by atoms with van der Waals surface area (Å²) in [4.78, 5) is 9.22. The highest BCUT2D eigenvalue weighted by Crippen LogP contribution is 2.29. The summed E-state index contributed by atoms with van der Waals surface area (Å²) in [6, 6.07) is 6.02. The van der Waals surface area contributed by atoms with Gasteiger partial charge in [0.05, 0.1) is 9.26 Å². The SMILES string of the molecule is CCc1nc(-c2ccc(Br)c(Br)c2)nc(NC)c1I. The molecule has 0 spiro atoms. The molecule has 0 aliphatic rings. The van der Waals surface area contributed by atoms with E-state index < -0.39 is 0 Å². The Hall–Kier alpha value is -0.210. The van der Waals surface area contributed by atoms with Crippen LogP contribution in [0.3, 0.4) is 0 Å². The summed E-state index contributed by atoms with van der Waals surface area (Å²) in [5.41, 5.74) is 2.06. The predicted molar refractivity (Wildman–Crippen MR) is 94.5 cm³/mol. The minimum atomic E-state index is 0.745. The molecule has 3 nitrogen and oxygen atoms in total. The predicted octanol–water partition coefficient (Wildman–Crippen LogP) is 4.88. The lowest BCUT2D eigenvalue weighted by Gasteiger charge is -2.10. The molecule has 2 aromatic rings. The van der Waals surface area contributed by atoms with Crippen LogP contribution in [-0.2, 0) is 6.42 Å². The third-order valence-corrected chi connectivity index (χ3v) is 5.68. The van der Waals surface area contributed by atoms with Gasteiger partial charge in [0.15, 0.2) is 5.82 Å². The summed E-state index contributed by atoms with van der Waals surface area (Å²) in [5.74, 6) is 1.62. The van der Waals surface area contributed by atoms with E-state index in [1.165, 1.54) is 0 Å². The summed E-state index contributed by atoms with van der Waals surface area (Å²) in [5, 5.41) is 3.13. The van der Waals surface area contributed by atoms with Gasteiger partial charge in [0.2, 0.25) is 0 Å². The molecule has 0 atom stereocenters. The normalized spacial score (nSPS) is 10.6. The third kappa shape index (κ3) is 3.28. The average molecular weight is 497 g/mol. The van der Waals surface area contributed by atoms with Crippen molar-refractivity contribution in [1.82, 2.24) is 9.97 Å². The molecule has 0 radical (unpaired) electrons. The van der Waals surface area contributed by atoms with Crippen molar-refractivity contribution in [3.8, 4) is 11.4 Å². The summed E-state index contributed by atoms with van der Waals surface area (Å²) in [6.45, 7) is 2.10. The van der Waals surface area contributed by atoms with E-state index in [9.17, 15) is 0 Å². The Morgan fingerprint density at radius 2 is 1.95 bits per heavy atom. The van der Waals surface area contributed by atoms with E-state index in [1.54, 1.807) is 0 Å². The molecule has 1 N–H and O–H groups in total. The Kier molecular flexibility index (Phi) is 5.19. The lowest BCUT2D eigenvalue weighted by molar-refractivity contribution is 0.990. The molecular formula is C13H12Br2IN3. The van der Waals surface area contributed by atoms with Crippen molar-refractivity contribution in [2.45, 2.75) is 13.3 Å². The van der Waals surface area contributed by atoms with E-state index in [4.69, 9.17) is 0 Å². The number of anilines is 1. The van der Waals surface area contributed by atoms with Gasteiger partial charge in [-0.25, -0.2) is 9.97 Å². The Morgan fingerprint density at radius 1 is 1.21 bits per heavy atom. The molecule has 0 amide bonds. The lowest BCUT2D eigenvalue weighted by Crippen LogP contribution is -2.04. The molecule has 1 heterocycles. The van der Waals surface area contributed by atoms with Crippen molar-refractivity contribution in [2.75, 3.05) is 12.4 Å². The van der Waals surface area contributed by atoms with Gasteiger partial charge in [-0.1, -0.05) is 6.92 Å². The van der Waals surface area contributed by atoms with Crippen LogP contribution in [0.2, 0.25) is 0 Å². The quantitative estimate of drug-likeness (QED) is 0.616. The summed E-state index contributed by atoms with van der Waals surface area (Å²) in [6.07, 6.45) is 0.889. The van der Waals surface area contributed by atoms with Gasteiger partial charge in [0.25, 0.3) is 0 Å². The van der Waals surface area contributed by atoms with Crippen LogP contribution < -0.4 is 5.32 Å². The number of aryl methyl sites for hydroxylation is 1. The van der Waals surface area contributed by atoms with Gasteiger partial charge in [-0.3, -0.25) is 0 Å². The van der Waals surface area contributed by atoms with Crippen molar-refractivity contribution in [1.29, 1.82) is 0 Å². The zero-order valence-corrected chi connectivity index (χ0v) is 15.8. The molecule has 0 fully saturated rings. The number of nitrogens with zero attached hydrogens (tertiary/aromatic N) is 2. The first-order chi connectivity index (χ1) is 9.06. The minimum Gasteiger partial charge on any atom is -0.372 e. The Bertz CT molecular complexity index is 592. The van der Waals surface area contributed by atoms with Crippen molar-refractivity contribution >= 4 is 60.3 Å². The highest BCUT2D eigenvalue weighted by Gasteiger charge is 2.12. The highest BCUT2D eigenvalue weighted by atomic mass is 127. The van der Waals surface area contributed by atoms with Gasteiger partial charge in [0.1, 0.15) is 5.82 Å². The van der Waals surface area contributed by atoms with Gasteiger partial charge in [-0.2, -0.15) is 0 Å². The van der Waals surface area contributed by atoms with E-state index in [-0.39, 0.29) is 0 Å². The molecule has 6 heteroatoms. The van der Waals surface area contributed by atoms with Gasteiger partial charge < -0.3 is 5.32 Å². The maximum Gasteiger partial charge on any atom is 0.161 e. The van der Waals surface area contributed by atoms with Crippen LogP contribution in [0.5, 0.6) is 0 Å². The maximum absolute atomic E-state index is 4.65. The van der Waals surface area contributed by atoms with E-state index in [1.807, 2.05) is 25.2 Å². The van der Waals surface area contributed by atoms with Crippen LogP contribution in [0.15, 0.2) is 27.1 Å². The molecule has 0 saturated carbocycles. The molecule has 19 heavy (non-hydrogen) atoms. The molecule has 0 aliphatic carbocycles. The van der Waals surface area contributed by atoms with Gasteiger partial charge in [-0.05, 0) is 79.1 Å². The van der Waals surface area contributed by atoms with Crippen molar-refractivity contribution in [3.63, 3.8) is 0 Å². The van der Waals surface area contributed by atoms with Crippen LogP contribution in [0, 0.1) is 3.57 Å². The summed E-state index contributed by atoms with van der Waals surface area (Å²) >= 11 is 9.26. The first kappa shape index (κ1) is 15.2. The Morgan fingerprint density at radius 3 is 2.53 bits per heavy atom. The van der Waals surface area contributed by atoms with Crippen LogP contribution >= 0.6 is 54.5 Å². The number of rotatable bonds is 3. The van der Waals surface area contributed by atoms with Gasteiger partial charge >= 0.3 is 0 Å². The summed E-state index contributed by atoms with van der Waals surface area (Å²) < 4.78 is 3.10. The van der Waals surface area contributed by atoms with E-state index in [2.05, 4.69) is 76.7 Å². The third-order valence-electron chi connectivity index (χ3n) is 2.67. The largest absolute Gasteiger partial charge is 0.372 e. The Balaban J connectivity index is 2.58. The molecule has 2 rings (SSSR count). The first-order valence-electron chi connectivity index (χ1n) is 5.76. The van der Waals surface area contributed by atoms with Crippen molar-refractivity contribution < 1.29 is 0 Å². The molecule has 0 unspecified atom stereocenters. The molecule has 1 aromatic carbocycles. The fourth-order valence-electron chi connectivity index (χ4n) is 1.66. The van der Waals surface area contributed by atoms with Crippen LogP contribution in [-0.4, -0.2) is 17.0 Å². The van der Waals surface area contributed by atoms with E-state index >= 15 is 0 Å². The number of hydrogen-bond acceptors (Lipinski definition) is 3. The number of hydrogen-bond donors (Lipinski definition) is 1. The van der Waals surface area contributed by atoms with Gasteiger partial charge in [-0.15, -0.1) is 0 Å². The minimum absolute atomic E-state index is 0.745. The number of halogens is 3.